The normalized spacial score (nSPS) is 17.3. The molecular weight excluding hydrogens is 250 g/mol. The predicted octanol–water partition coefficient (Wildman–Crippen LogP) is 2.08. The summed E-state index contributed by atoms with van der Waals surface area (Å²) in [5.74, 6) is 0.722. The first-order valence-corrected chi connectivity index (χ1v) is 7.73. The molecule has 5 nitrogen and oxygen atoms in total. The lowest BCUT2D eigenvalue weighted by Crippen LogP contribution is -2.38. The molecule has 0 saturated carbocycles. The molecule has 1 fully saturated rings. The number of aryl methyl sites for hydroxylation is 3. The number of hydrogen-bond acceptors (Lipinski definition) is 2. The summed E-state index contributed by atoms with van der Waals surface area (Å²) in [6.07, 6.45) is 6.10. The second kappa shape index (κ2) is 7.31. The number of aliphatic imine (C=N–C) groups is 1. The minimum atomic E-state index is 0.722. The maximum atomic E-state index is 6.08. The Hall–Kier alpha value is -1.52. The number of nitrogens with zero attached hydrogens (tertiary/aromatic N) is 4. The number of rotatable bonds is 4. The Bertz CT molecular complexity index is 441. The van der Waals surface area contributed by atoms with Gasteiger partial charge in [-0.1, -0.05) is 12.8 Å². The van der Waals surface area contributed by atoms with Crippen LogP contribution in [0.4, 0.5) is 0 Å². The topological polar surface area (TPSA) is 59.4 Å². The average molecular weight is 277 g/mol. The molecule has 1 aliphatic rings. The van der Waals surface area contributed by atoms with Gasteiger partial charge in [0.25, 0.3) is 0 Å². The van der Waals surface area contributed by atoms with Gasteiger partial charge < -0.3 is 10.6 Å². The Labute approximate surface area is 121 Å². The van der Waals surface area contributed by atoms with E-state index in [4.69, 9.17) is 5.73 Å². The summed E-state index contributed by atoms with van der Waals surface area (Å²) in [5, 5.41) is 4.46. The first kappa shape index (κ1) is 14.9. The van der Waals surface area contributed by atoms with Gasteiger partial charge in [-0.2, -0.15) is 5.10 Å². The predicted molar refractivity (Wildman–Crippen MR) is 82.8 cm³/mol. The summed E-state index contributed by atoms with van der Waals surface area (Å²) in [6, 6.07) is 2.11. The van der Waals surface area contributed by atoms with Crippen molar-refractivity contribution in [2.24, 2.45) is 10.7 Å². The lowest BCUT2D eigenvalue weighted by atomic mass is 10.2. The van der Waals surface area contributed by atoms with Crippen molar-refractivity contribution >= 4 is 5.96 Å². The van der Waals surface area contributed by atoms with E-state index in [0.717, 1.165) is 44.3 Å². The molecule has 2 heterocycles. The van der Waals surface area contributed by atoms with E-state index in [1.165, 1.54) is 31.4 Å². The fraction of sp³-hybridized carbons (Fsp3) is 0.733. The van der Waals surface area contributed by atoms with E-state index in [9.17, 15) is 0 Å². The molecule has 1 aromatic rings. The summed E-state index contributed by atoms with van der Waals surface area (Å²) in [7, 11) is 0. The van der Waals surface area contributed by atoms with E-state index in [1.807, 2.05) is 11.6 Å². The van der Waals surface area contributed by atoms with Crippen molar-refractivity contribution < 1.29 is 0 Å². The van der Waals surface area contributed by atoms with Crippen LogP contribution in [-0.4, -0.2) is 40.3 Å². The molecule has 0 spiro atoms. The average Bonchev–Trinajstić information content (AvgIpc) is 2.64. The Morgan fingerprint density at radius 2 is 1.95 bits per heavy atom. The molecule has 0 bridgehead atoms. The van der Waals surface area contributed by atoms with Crippen molar-refractivity contribution in [3.05, 3.63) is 17.5 Å². The molecule has 5 heteroatoms. The fourth-order valence-electron chi connectivity index (χ4n) is 2.72. The van der Waals surface area contributed by atoms with Gasteiger partial charge in [-0.3, -0.25) is 9.67 Å². The standard InChI is InChI=1S/C15H27N5/c1-13-12-14(2)20(18-13)11-7-8-17-15(16)19-9-5-3-4-6-10-19/h12H,3-11H2,1-2H3,(H2,16,17). The Kier molecular flexibility index (Phi) is 5.44. The van der Waals surface area contributed by atoms with Crippen molar-refractivity contribution in [1.82, 2.24) is 14.7 Å². The quantitative estimate of drug-likeness (QED) is 0.521. The SMILES string of the molecule is Cc1cc(C)n(CCCN=C(N)N2CCCCCC2)n1. The molecule has 0 amide bonds. The number of hydrogen-bond donors (Lipinski definition) is 1. The highest BCUT2D eigenvalue weighted by molar-refractivity contribution is 5.78. The van der Waals surface area contributed by atoms with Crippen LogP contribution in [0.2, 0.25) is 0 Å². The Balaban J connectivity index is 1.76. The van der Waals surface area contributed by atoms with Gasteiger partial charge in [0.05, 0.1) is 5.69 Å². The molecule has 0 aromatic carbocycles. The van der Waals surface area contributed by atoms with E-state index in [1.54, 1.807) is 0 Å². The van der Waals surface area contributed by atoms with Gasteiger partial charge in [0.1, 0.15) is 0 Å². The third-order valence-electron chi connectivity index (χ3n) is 3.84. The van der Waals surface area contributed by atoms with Crippen LogP contribution in [0.25, 0.3) is 0 Å². The van der Waals surface area contributed by atoms with Crippen LogP contribution >= 0.6 is 0 Å². The smallest absolute Gasteiger partial charge is 0.191 e. The third-order valence-corrected chi connectivity index (χ3v) is 3.84. The first-order chi connectivity index (χ1) is 9.66. The van der Waals surface area contributed by atoms with Gasteiger partial charge in [-0.15, -0.1) is 0 Å². The van der Waals surface area contributed by atoms with Gasteiger partial charge in [0.2, 0.25) is 0 Å². The zero-order valence-corrected chi connectivity index (χ0v) is 12.8. The maximum Gasteiger partial charge on any atom is 0.191 e. The number of guanidine groups is 1. The van der Waals surface area contributed by atoms with Crippen LogP contribution < -0.4 is 5.73 Å². The van der Waals surface area contributed by atoms with E-state index < -0.39 is 0 Å². The van der Waals surface area contributed by atoms with Crippen LogP contribution in [0.1, 0.15) is 43.5 Å². The van der Waals surface area contributed by atoms with Gasteiger partial charge in [-0.05, 0) is 39.2 Å². The van der Waals surface area contributed by atoms with Crippen molar-refractivity contribution in [2.75, 3.05) is 19.6 Å². The molecular formula is C15H27N5. The van der Waals surface area contributed by atoms with Crippen molar-refractivity contribution in [2.45, 2.75) is 52.5 Å². The molecule has 1 saturated heterocycles. The van der Waals surface area contributed by atoms with Gasteiger partial charge in [0, 0.05) is 31.9 Å². The molecule has 0 unspecified atom stereocenters. The number of likely N-dealkylation sites (tertiary alicyclic amines) is 1. The van der Waals surface area contributed by atoms with Crippen LogP contribution in [0, 0.1) is 13.8 Å². The zero-order chi connectivity index (χ0) is 14.4. The highest BCUT2D eigenvalue weighted by Crippen LogP contribution is 2.09. The lowest BCUT2D eigenvalue weighted by molar-refractivity contribution is 0.427. The highest BCUT2D eigenvalue weighted by atomic mass is 15.3. The molecule has 0 radical (unpaired) electrons. The number of aromatic nitrogens is 2. The van der Waals surface area contributed by atoms with Crippen LogP contribution in [0.3, 0.4) is 0 Å². The van der Waals surface area contributed by atoms with Crippen molar-refractivity contribution in [1.29, 1.82) is 0 Å². The van der Waals surface area contributed by atoms with E-state index in [0.29, 0.717) is 0 Å². The van der Waals surface area contributed by atoms with E-state index in [2.05, 4.69) is 28.0 Å². The van der Waals surface area contributed by atoms with Crippen molar-refractivity contribution in [3.8, 4) is 0 Å². The lowest BCUT2D eigenvalue weighted by Gasteiger charge is -2.21. The molecule has 2 N–H and O–H groups in total. The Morgan fingerprint density at radius 1 is 1.25 bits per heavy atom. The van der Waals surface area contributed by atoms with Gasteiger partial charge >= 0.3 is 0 Å². The molecule has 0 atom stereocenters. The molecule has 1 aromatic heterocycles. The third kappa shape index (κ3) is 4.25. The summed E-state index contributed by atoms with van der Waals surface area (Å²) >= 11 is 0. The van der Waals surface area contributed by atoms with E-state index in [-0.39, 0.29) is 0 Å². The first-order valence-electron chi connectivity index (χ1n) is 7.73. The highest BCUT2D eigenvalue weighted by Gasteiger charge is 2.10. The van der Waals surface area contributed by atoms with Crippen LogP contribution in [0.5, 0.6) is 0 Å². The maximum absolute atomic E-state index is 6.08. The van der Waals surface area contributed by atoms with Crippen LogP contribution in [0.15, 0.2) is 11.1 Å². The zero-order valence-electron chi connectivity index (χ0n) is 12.8. The summed E-state index contributed by atoms with van der Waals surface area (Å²) in [6.45, 7) is 7.94. The largest absolute Gasteiger partial charge is 0.370 e. The Morgan fingerprint density at radius 3 is 2.55 bits per heavy atom. The summed E-state index contributed by atoms with van der Waals surface area (Å²) in [5.41, 5.74) is 8.38. The molecule has 1 aliphatic heterocycles. The van der Waals surface area contributed by atoms with E-state index >= 15 is 0 Å². The molecule has 112 valence electrons. The fourth-order valence-corrected chi connectivity index (χ4v) is 2.72. The summed E-state index contributed by atoms with van der Waals surface area (Å²) < 4.78 is 2.05. The van der Waals surface area contributed by atoms with Crippen molar-refractivity contribution in [3.63, 3.8) is 0 Å². The van der Waals surface area contributed by atoms with Gasteiger partial charge in [0.15, 0.2) is 5.96 Å². The van der Waals surface area contributed by atoms with Crippen LogP contribution in [-0.2, 0) is 6.54 Å². The minimum Gasteiger partial charge on any atom is -0.370 e. The second-order valence-corrected chi connectivity index (χ2v) is 5.64. The molecule has 20 heavy (non-hydrogen) atoms. The monoisotopic (exact) mass is 277 g/mol. The molecule has 2 rings (SSSR count). The van der Waals surface area contributed by atoms with Gasteiger partial charge in [-0.25, -0.2) is 0 Å². The second-order valence-electron chi connectivity index (χ2n) is 5.64. The summed E-state index contributed by atoms with van der Waals surface area (Å²) in [4.78, 5) is 6.75. The minimum absolute atomic E-state index is 0.722. The molecule has 0 aliphatic carbocycles. The number of nitrogens with two attached hydrogens (primary N) is 1.